The number of hydrogen-bond acceptors (Lipinski definition) is 2. The summed E-state index contributed by atoms with van der Waals surface area (Å²) in [6.07, 6.45) is 0. The summed E-state index contributed by atoms with van der Waals surface area (Å²) in [5.41, 5.74) is 5.26. The maximum Gasteiger partial charge on any atom is 0.266 e. The number of anilines is 1. The molecule has 26 heavy (non-hydrogen) atoms. The summed E-state index contributed by atoms with van der Waals surface area (Å²) in [7, 11) is 0. The Kier molecular flexibility index (Phi) is 2.89. The highest BCUT2D eigenvalue weighted by atomic mass is 16.2. The number of benzene rings is 3. The number of amides is 2. The molecular weight excluding hydrogens is 324 g/mol. The first kappa shape index (κ1) is 14.9. The summed E-state index contributed by atoms with van der Waals surface area (Å²) in [5.74, 6) is -0.499. The van der Waals surface area contributed by atoms with Crippen molar-refractivity contribution in [3.8, 4) is 0 Å². The molecule has 4 aromatic rings. The van der Waals surface area contributed by atoms with Crippen LogP contribution < -0.4 is 4.90 Å². The molecule has 3 aromatic carbocycles. The number of aromatic nitrogens is 1. The molecule has 1 aliphatic heterocycles. The van der Waals surface area contributed by atoms with Crippen LogP contribution in [0.15, 0.2) is 54.6 Å². The Morgan fingerprint density at radius 3 is 2.12 bits per heavy atom. The number of imide groups is 1. The van der Waals surface area contributed by atoms with Crippen molar-refractivity contribution in [2.24, 2.45) is 0 Å². The van der Waals surface area contributed by atoms with Crippen LogP contribution >= 0.6 is 0 Å². The smallest absolute Gasteiger partial charge is 0.266 e. The molecule has 2 heterocycles. The summed E-state index contributed by atoms with van der Waals surface area (Å²) in [6.45, 7) is 3.84. The Morgan fingerprint density at radius 1 is 0.769 bits per heavy atom. The van der Waals surface area contributed by atoms with E-state index in [1.165, 1.54) is 4.90 Å². The molecule has 0 atom stereocenters. The summed E-state index contributed by atoms with van der Waals surface area (Å²) in [5, 5.41) is 2.09. The Labute approximate surface area is 150 Å². The highest BCUT2D eigenvalue weighted by Gasteiger charge is 2.40. The second kappa shape index (κ2) is 5.05. The number of hydrogen-bond donors (Lipinski definition) is 1. The number of nitrogens with one attached hydrogen (secondary N) is 1. The molecule has 0 bridgehead atoms. The Hall–Kier alpha value is -3.40. The lowest BCUT2D eigenvalue weighted by Crippen LogP contribution is -2.29. The number of carbonyl (C=O) groups is 2. The van der Waals surface area contributed by atoms with Gasteiger partial charge in [0.15, 0.2) is 0 Å². The number of H-pyrrole nitrogens is 1. The van der Waals surface area contributed by atoms with E-state index in [9.17, 15) is 9.59 Å². The highest BCUT2D eigenvalue weighted by Crippen LogP contribution is 2.39. The van der Waals surface area contributed by atoms with Gasteiger partial charge in [0.2, 0.25) is 0 Å². The summed E-state index contributed by atoms with van der Waals surface area (Å²) >= 11 is 0. The van der Waals surface area contributed by atoms with Crippen LogP contribution in [0.1, 0.15) is 31.8 Å². The number of rotatable bonds is 1. The number of carbonyl (C=O) groups excluding carboxylic acids is 2. The Bertz CT molecular complexity index is 1240. The van der Waals surface area contributed by atoms with Crippen molar-refractivity contribution in [1.29, 1.82) is 0 Å². The molecule has 4 heteroatoms. The monoisotopic (exact) mass is 340 g/mol. The average Bonchev–Trinajstić information content (AvgIpc) is 3.17. The fourth-order valence-corrected chi connectivity index (χ4v) is 4.10. The van der Waals surface area contributed by atoms with Gasteiger partial charge in [-0.3, -0.25) is 9.59 Å². The van der Waals surface area contributed by atoms with E-state index in [1.54, 1.807) is 12.1 Å². The van der Waals surface area contributed by atoms with Gasteiger partial charge in [-0.15, -0.1) is 0 Å². The second-order valence-corrected chi connectivity index (χ2v) is 6.70. The zero-order chi connectivity index (χ0) is 18.0. The van der Waals surface area contributed by atoms with Crippen molar-refractivity contribution in [3.05, 3.63) is 76.9 Å². The Morgan fingerprint density at radius 2 is 1.38 bits per heavy atom. The molecule has 4 nitrogen and oxygen atoms in total. The van der Waals surface area contributed by atoms with E-state index in [0.29, 0.717) is 16.8 Å². The molecule has 126 valence electrons. The lowest BCUT2D eigenvalue weighted by molar-refractivity contribution is 0.0926. The molecule has 0 aliphatic carbocycles. The van der Waals surface area contributed by atoms with Gasteiger partial charge in [-0.25, -0.2) is 4.90 Å². The zero-order valence-corrected chi connectivity index (χ0v) is 14.5. The molecule has 5 rings (SSSR count). The van der Waals surface area contributed by atoms with E-state index in [-0.39, 0.29) is 11.8 Å². The van der Waals surface area contributed by atoms with E-state index in [4.69, 9.17) is 0 Å². The van der Waals surface area contributed by atoms with Crippen LogP contribution in [0, 0.1) is 13.8 Å². The maximum atomic E-state index is 13.2. The predicted octanol–water partition coefficient (Wildman–Crippen LogP) is 4.74. The first-order chi connectivity index (χ1) is 12.6. The van der Waals surface area contributed by atoms with Crippen LogP contribution in [0.3, 0.4) is 0 Å². The van der Waals surface area contributed by atoms with Gasteiger partial charge in [-0.2, -0.15) is 0 Å². The van der Waals surface area contributed by atoms with Crippen molar-refractivity contribution in [3.63, 3.8) is 0 Å². The van der Waals surface area contributed by atoms with Crippen molar-refractivity contribution in [2.75, 3.05) is 4.90 Å². The molecule has 1 aromatic heterocycles. The lowest BCUT2D eigenvalue weighted by Gasteiger charge is -2.13. The van der Waals surface area contributed by atoms with Crippen molar-refractivity contribution >= 4 is 39.3 Å². The number of aryl methyl sites for hydroxylation is 2. The van der Waals surface area contributed by atoms with E-state index in [1.807, 2.05) is 56.3 Å². The zero-order valence-electron chi connectivity index (χ0n) is 14.5. The minimum absolute atomic E-state index is 0.246. The normalized spacial score (nSPS) is 13.8. The SMILES string of the molecule is Cc1c2c(c(C)c3c1[nH]c1ccccc13)C(=O)N(c1ccccc1)C2=O. The minimum Gasteiger partial charge on any atom is -0.354 e. The van der Waals surface area contributed by atoms with Crippen molar-refractivity contribution in [1.82, 2.24) is 4.98 Å². The van der Waals surface area contributed by atoms with Gasteiger partial charge in [0, 0.05) is 16.3 Å². The van der Waals surface area contributed by atoms with Gasteiger partial charge in [0.1, 0.15) is 0 Å². The van der Waals surface area contributed by atoms with E-state index < -0.39 is 0 Å². The third-order valence-corrected chi connectivity index (χ3v) is 5.30. The fraction of sp³-hybridized carbons (Fsp3) is 0.0909. The standard InChI is InChI=1S/C22H16N2O2/c1-12-17-15-10-6-7-11-16(15)23-20(17)13(2)19-18(12)21(25)24(22(19)26)14-8-4-3-5-9-14/h3-11,23H,1-2H3. The van der Waals surface area contributed by atoms with Crippen molar-refractivity contribution < 1.29 is 9.59 Å². The van der Waals surface area contributed by atoms with Crippen molar-refractivity contribution in [2.45, 2.75) is 13.8 Å². The third kappa shape index (κ3) is 1.73. The molecule has 2 amide bonds. The van der Waals surface area contributed by atoms with E-state index in [0.717, 1.165) is 32.9 Å². The van der Waals surface area contributed by atoms with Gasteiger partial charge in [0.25, 0.3) is 11.8 Å². The van der Waals surface area contributed by atoms with Gasteiger partial charge in [-0.05, 0) is 43.2 Å². The third-order valence-electron chi connectivity index (χ3n) is 5.30. The topological polar surface area (TPSA) is 53.2 Å². The summed E-state index contributed by atoms with van der Waals surface area (Å²) < 4.78 is 0. The largest absolute Gasteiger partial charge is 0.354 e. The lowest BCUT2D eigenvalue weighted by atomic mass is 9.94. The van der Waals surface area contributed by atoms with Crippen LogP contribution in [-0.4, -0.2) is 16.8 Å². The molecule has 0 saturated carbocycles. The minimum atomic E-state index is -0.252. The van der Waals surface area contributed by atoms with Gasteiger partial charge in [0.05, 0.1) is 22.3 Å². The summed E-state index contributed by atoms with van der Waals surface area (Å²) in [6, 6.07) is 17.1. The molecule has 1 N–H and O–H groups in total. The molecule has 0 radical (unpaired) electrons. The average molecular weight is 340 g/mol. The van der Waals surface area contributed by atoms with Crippen LogP contribution in [0.4, 0.5) is 5.69 Å². The van der Waals surface area contributed by atoms with Crippen LogP contribution in [0.2, 0.25) is 0 Å². The fourth-order valence-electron chi connectivity index (χ4n) is 4.10. The molecule has 0 unspecified atom stereocenters. The molecular formula is C22H16N2O2. The van der Waals surface area contributed by atoms with Crippen LogP contribution in [0.25, 0.3) is 21.8 Å². The number of aromatic amines is 1. The van der Waals surface area contributed by atoms with Gasteiger partial charge >= 0.3 is 0 Å². The highest BCUT2D eigenvalue weighted by molar-refractivity contribution is 6.37. The quantitative estimate of drug-likeness (QED) is 0.509. The van der Waals surface area contributed by atoms with E-state index in [2.05, 4.69) is 4.98 Å². The maximum absolute atomic E-state index is 13.2. The molecule has 0 fully saturated rings. The molecule has 0 spiro atoms. The van der Waals surface area contributed by atoms with E-state index >= 15 is 0 Å². The van der Waals surface area contributed by atoms with Crippen LogP contribution in [0.5, 0.6) is 0 Å². The van der Waals surface area contributed by atoms with Crippen LogP contribution in [-0.2, 0) is 0 Å². The second-order valence-electron chi connectivity index (χ2n) is 6.70. The van der Waals surface area contributed by atoms with Gasteiger partial charge < -0.3 is 4.98 Å². The first-order valence-corrected chi connectivity index (χ1v) is 8.57. The molecule has 0 saturated heterocycles. The summed E-state index contributed by atoms with van der Waals surface area (Å²) in [4.78, 5) is 31.0. The Balaban J connectivity index is 1.86. The first-order valence-electron chi connectivity index (χ1n) is 8.57. The van der Waals surface area contributed by atoms with Gasteiger partial charge in [-0.1, -0.05) is 36.4 Å². The number of fused-ring (bicyclic) bond motifs is 4. The predicted molar refractivity (Wildman–Crippen MR) is 103 cm³/mol. The number of para-hydroxylation sites is 2. The number of nitrogens with zero attached hydrogens (tertiary/aromatic N) is 1. The molecule has 1 aliphatic rings.